The van der Waals surface area contributed by atoms with Crippen LogP contribution in [-0.4, -0.2) is 54.0 Å². The van der Waals surface area contributed by atoms with E-state index < -0.39 is 9.84 Å². The fourth-order valence-electron chi connectivity index (χ4n) is 4.50. The number of sulfone groups is 1. The van der Waals surface area contributed by atoms with Crippen LogP contribution < -0.4 is 10.6 Å². The van der Waals surface area contributed by atoms with E-state index >= 15 is 0 Å². The number of hydrogen-bond donors (Lipinski definition) is 2. The summed E-state index contributed by atoms with van der Waals surface area (Å²) in [6.45, 7) is 0.606. The van der Waals surface area contributed by atoms with E-state index in [-0.39, 0.29) is 11.2 Å². The Bertz CT molecular complexity index is 875. The minimum Gasteiger partial charge on any atom is -0.356 e. The zero-order valence-electron chi connectivity index (χ0n) is 15.1. The summed E-state index contributed by atoms with van der Waals surface area (Å²) in [5.41, 5.74) is 6.53. The van der Waals surface area contributed by atoms with Crippen LogP contribution in [0.4, 0.5) is 5.82 Å². The van der Waals surface area contributed by atoms with Crippen LogP contribution in [0.2, 0.25) is 0 Å². The highest BCUT2D eigenvalue weighted by molar-refractivity contribution is 7.92. The van der Waals surface area contributed by atoms with E-state index in [1.54, 1.807) is 6.33 Å². The van der Waals surface area contributed by atoms with Crippen LogP contribution in [0.1, 0.15) is 32.1 Å². The van der Waals surface area contributed by atoms with Crippen molar-refractivity contribution in [1.82, 2.24) is 15.0 Å². The highest BCUT2D eigenvalue weighted by Crippen LogP contribution is 2.38. The molecule has 8 heteroatoms. The van der Waals surface area contributed by atoms with Gasteiger partial charge in [0.25, 0.3) is 0 Å². The molecule has 0 aliphatic heterocycles. The molecule has 0 bridgehead atoms. The fourth-order valence-corrected chi connectivity index (χ4v) is 6.76. The van der Waals surface area contributed by atoms with Gasteiger partial charge in [0.15, 0.2) is 9.84 Å². The average Bonchev–Trinajstić information content (AvgIpc) is 3.25. The first-order chi connectivity index (χ1) is 12.5. The maximum atomic E-state index is 12.7. The van der Waals surface area contributed by atoms with Crippen LogP contribution >= 0.6 is 0 Å². The van der Waals surface area contributed by atoms with Crippen molar-refractivity contribution in [2.75, 3.05) is 24.2 Å². The molecule has 0 spiro atoms. The fraction of sp³-hybridized carbons (Fsp3) is 0.667. The molecule has 7 nitrogen and oxygen atoms in total. The summed E-state index contributed by atoms with van der Waals surface area (Å²) >= 11 is 0. The van der Waals surface area contributed by atoms with Gasteiger partial charge >= 0.3 is 0 Å². The van der Waals surface area contributed by atoms with Gasteiger partial charge in [-0.1, -0.05) is 0 Å². The number of H-pyrrole nitrogens is 1. The van der Waals surface area contributed by atoms with Crippen molar-refractivity contribution in [2.45, 2.75) is 43.4 Å². The largest absolute Gasteiger partial charge is 0.356 e. The van der Waals surface area contributed by atoms with Crippen LogP contribution in [0.5, 0.6) is 0 Å². The summed E-state index contributed by atoms with van der Waals surface area (Å²) in [6.07, 6.45) is 7.73. The summed E-state index contributed by atoms with van der Waals surface area (Å²) in [5, 5.41) is 0.832. The Kier molecular flexibility index (Phi) is 4.64. The number of hydrogen-bond acceptors (Lipinski definition) is 6. The van der Waals surface area contributed by atoms with E-state index in [0.717, 1.165) is 49.0 Å². The van der Waals surface area contributed by atoms with Crippen molar-refractivity contribution < 1.29 is 8.42 Å². The minimum atomic E-state index is -3.01. The molecular weight excluding hydrogens is 350 g/mol. The second kappa shape index (κ2) is 6.81. The van der Waals surface area contributed by atoms with E-state index in [2.05, 4.69) is 19.9 Å². The van der Waals surface area contributed by atoms with Crippen molar-refractivity contribution in [1.29, 1.82) is 0 Å². The van der Waals surface area contributed by atoms with E-state index in [4.69, 9.17) is 5.73 Å². The molecule has 2 saturated carbocycles. The van der Waals surface area contributed by atoms with E-state index in [1.165, 1.54) is 0 Å². The molecule has 0 aromatic carbocycles. The lowest BCUT2D eigenvalue weighted by molar-refractivity contribution is 0.281. The Hall–Kier alpha value is -1.67. The number of aromatic nitrogens is 3. The normalized spacial score (nSPS) is 29.0. The molecule has 26 heavy (non-hydrogen) atoms. The quantitative estimate of drug-likeness (QED) is 0.794. The second-order valence-corrected chi connectivity index (χ2v) is 10.2. The van der Waals surface area contributed by atoms with Crippen molar-refractivity contribution in [3.8, 4) is 0 Å². The predicted octanol–water partition coefficient (Wildman–Crippen LogP) is 1.71. The van der Waals surface area contributed by atoms with Crippen molar-refractivity contribution in [3.63, 3.8) is 0 Å². The van der Waals surface area contributed by atoms with Crippen LogP contribution in [-0.2, 0) is 9.84 Å². The summed E-state index contributed by atoms with van der Waals surface area (Å²) in [6, 6.07) is 2.32. The van der Waals surface area contributed by atoms with Gasteiger partial charge in [0.2, 0.25) is 0 Å². The Balaban J connectivity index is 1.36. The van der Waals surface area contributed by atoms with Crippen molar-refractivity contribution in [2.24, 2.45) is 17.6 Å². The monoisotopic (exact) mass is 377 g/mol. The minimum absolute atomic E-state index is 0.172. The van der Waals surface area contributed by atoms with Gasteiger partial charge < -0.3 is 15.6 Å². The molecule has 2 heterocycles. The Morgan fingerprint density at radius 2 is 2.04 bits per heavy atom. The molecule has 142 valence electrons. The summed E-state index contributed by atoms with van der Waals surface area (Å²) in [4.78, 5) is 13.9. The molecule has 2 aromatic heterocycles. The molecule has 2 atom stereocenters. The van der Waals surface area contributed by atoms with Gasteiger partial charge in [0.05, 0.1) is 16.4 Å². The standard InChI is InChI=1S/C18H27N5O2S/c1-23(18-16-4-5-20-17(16)21-11-22-18)14-6-13(7-14)10-26(24,25)15-3-2-12(8-15)9-19/h4-5,11-15H,2-3,6-10,19H2,1H3,(H,20,21,22)/t12-,13-,14+,15-/m0/s1. The summed E-state index contributed by atoms with van der Waals surface area (Å²) in [5.74, 6) is 1.87. The molecule has 2 fully saturated rings. The number of nitrogens with one attached hydrogen (secondary N) is 1. The Morgan fingerprint density at radius 1 is 1.23 bits per heavy atom. The topological polar surface area (TPSA) is 105 Å². The van der Waals surface area contributed by atoms with Gasteiger partial charge in [-0.05, 0) is 56.6 Å². The number of anilines is 1. The van der Waals surface area contributed by atoms with Gasteiger partial charge in [0.1, 0.15) is 17.8 Å². The molecule has 3 N–H and O–H groups in total. The highest BCUT2D eigenvalue weighted by Gasteiger charge is 2.40. The van der Waals surface area contributed by atoms with Crippen molar-refractivity contribution in [3.05, 3.63) is 18.6 Å². The molecular formula is C18H27N5O2S. The number of fused-ring (bicyclic) bond motifs is 1. The van der Waals surface area contributed by atoms with Gasteiger partial charge in [-0.2, -0.15) is 0 Å². The van der Waals surface area contributed by atoms with Crippen LogP contribution in [0.25, 0.3) is 11.0 Å². The Labute approximate surface area is 154 Å². The molecule has 2 aliphatic carbocycles. The van der Waals surface area contributed by atoms with E-state index in [9.17, 15) is 8.42 Å². The van der Waals surface area contributed by atoms with Gasteiger partial charge in [-0.3, -0.25) is 0 Å². The van der Waals surface area contributed by atoms with Gasteiger partial charge in [0, 0.05) is 19.3 Å². The van der Waals surface area contributed by atoms with Crippen LogP contribution in [0.3, 0.4) is 0 Å². The molecule has 2 aromatic rings. The van der Waals surface area contributed by atoms with Gasteiger partial charge in [-0.15, -0.1) is 0 Å². The number of nitrogens with two attached hydrogens (primary N) is 1. The van der Waals surface area contributed by atoms with Crippen LogP contribution in [0, 0.1) is 11.8 Å². The molecule has 0 unspecified atom stereocenters. The lowest BCUT2D eigenvalue weighted by Gasteiger charge is -2.42. The second-order valence-electron chi connectivity index (χ2n) is 7.91. The van der Waals surface area contributed by atoms with E-state index in [0.29, 0.717) is 24.3 Å². The zero-order valence-corrected chi connectivity index (χ0v) is 16.0. The zero-order chi connectivity index (χ0) is 18.3. The molecule has 0 saturated heterocycles. The third-order valence-electron chi connectivity index (χ3n) is 6.23. The van der Waals surface area contributed by atoms with E-state index in [1.807, 2.05) is 19.3 Å². The average molecular weight is 378 g/mol. The molecule has 2 aliphatic rings. The maximum absolute atomic E-state index is 12.7. The summed E-state index contributed by atoms with van der Waals surface area (Å²) < 4.78 is 25.4. The smallest absolute Gasteiger partial charge is 0.153 e. The SMILES string of the molecule is CN(c1ncnc2[nH]ccc12)[C@H]1C[C@@H](CS(=O)(=O)[C@H]2CC[C@H](CN)C2)C1. The third-order valence-corrected chi connectivity index (χ3v) is 8.61. The number of rotatable bonds is 6. The maximum Gasteiger partial charge on any atom is 0.153 e. The first-order valence-electron chi connectivity index (χ1n) is 9.40. The number of aromatic amines is 1. The predicted molar refractivity (Wildman–Crippen MR) is 103 cm³/mol. The third kappa shape index (κ3) is 3.20. The lowest BCUT2D eigenvalue weighted by Crippen LogP contribution is -2.46. The number of nitrogens with zero attached hydrogens (tertiary/aromatic N) is 3. The summed E-state index contributed by atoms with van der Waals surface area (Å²) in [7, 11) is -0.973. The highest BCUT2D eigenvalue weighted by atomic mass is 32.2. The Morgan fingerprint density at radius 3 is 2.77 bits per heavy atom. The first-order valence-corrected chi connectivity index (χ1v) is 11.1. The molecule has 0 amide bonds. The van der Waals surface area contributed by atoms with Gasteiger partial charge in [-0.25, -0.2) is 18.4 Å². The molecule has 0 radical (unpaired) electrons. The molecule has 4 rings (SSSR count). The van der Waals surface area contributed by atoms with Crippen molar-refractivity contribution >= 4 is 26.7 Å². The lowest BCUT2D eigenvalue weighted by atomic mass is 9.81. The first kappa shape index (κ1) is 17.7. The van der Waals surface area contributed by atoms with Crippen LogP contribution in [0.15, 0.2) is 18.6 Å².